The predicted molar refractivity (Wildman–Crippen MR) is 124 cm³/mol. The highest BCUT2D eigenvalue weighted by atomic mass is 16.6. The van der Waals surface area contributed by atoms with E-state index in [0.29, 0.717) is 5.57 Å². The van der Waals surface area contributed by atoms with Gasteiger partial charge < -0.3 is 0 Å². The Morgan fingerprint density at radius 1 is 0.871 bits per heavy atom. The van der Waals surface area contributed by atoms with E-state index >= 15 is 0 Å². The van der Waals surface area contributed by atoms with Crippen molar-refractivity contribution < 1.29 is 9.72 Å². The second-order valence-electron chi connectivity index (χ2n) is 7.77. The van der Waals surface area contributed by atoms with Crippen LogP contribution in [0.25, 0.3) is 11.8 Å². The standard InChI is InChI=1S/C26H22N2O3/c1-17-4-9-21(10-5-17)25-16-22(15-20-7-11-23(12-8-20)28(30)31)26(29)27(25)24-13-6-18(2)14-19(24)3/h4-16H,1-3H3/b22-15+. The van der Waals surface area contributed by atoms with Gasteiger partial charge in [0.05, 0.1) is 16.3 Å². The van der Waals surface area contributed by atoms with Gasteiger partial charge in [-0.25, -0.2) is 0 Å². The Morgan fingerprint density at radius 3 is 2.13 bits per heavy atom. The number of benzene rings is 3. The summed E-state index contributed by atoms with van der Waals surface area (Å²) in [5, 5.41) is 10.9. The maximum atomic E-state index is 13.5. The van der Waals surface area contributed by atoms with Crippen molar-refractivity contribution in [1.82, 2.24) is 0 Å². The lowest BCUT2D eigenvalue weighted by Crippen LogP contribution is -2.25. The van der Waals surface area contributed by atoms with Gasteiger partial charge in [0.1, 0.15) is 0 Å². The third kappa shape index (κ3) is 4.03. The monoisotopic (exact) mass is 410 g/mol. The minimum Gasteiger partial charge on any atom is -0.276 e. The molecule has 0 saturated carbocycles. The molecular formula is C26H22N2O3. The molecule has 0 aliphatic carbocycles. The molecule has 0 atom stereocenters. The molecule has 0 radical (unpaired) electrons. The van der Waals surface area contributed by atoms with Gasteiger partial charge in [-0.15, -0.1) is 0 Å². The molecule has 0 N–H and O–H groups in total. The van der Waals surface area contributed by atoms with Crippen LogP contribution in [-0.2, 0) is 4.79 Å². The van der Waals surface area contributed by atoms with Crippen LogP contribution in [0.1, 0.15) is 27.8 Å². The van der Waals surface area contributed by atoms with Crippen LogP contribution in [-0.4, -0.2) is 10.8 Å². The van der Waals surface area contributed by atoms with Crippen LogP contribution in [0.5, 0.6) is 0 Å². The summed E-state index contributed by atoms with van der Waals surface area (Å²) in [6.07, 6.45) is 3.65. The molecule has 0 unspecified atom stereocenters. The molecule has 5 nitrogen and oxygen atoms in total. The molecule has 1 aliphatic heterocycles. The first-order chi connectivity index (χ1) is 14.8. The van der Waals surface area contributed by atoms with Crippen molar-refractivity contribution in [3.05, 3.63) is 116 Å². The van der Waals surface area contributed by atoms with Crippen molar-refractivity contribution in [3.63, 3.8) is 0 Å². The van der Waals surface area contributed by atoms with E-state index < -0.39 is 4.92 Å². The summed E-state index contributed by atoms with van der Waals surface area (Å²) in [4.78, 5) is 25.7. The van der Waals surface area contributed by atoms with E-state index in [4.69, 9.17) is 0 Å². The number of aryl methyl sites for hydroxylation is 3. The average molecular weight is 410 g/mol. The Bertz CT molecular complexity index is 1240. The summed E-state index contributed by atoms with van der Waals surface area (Å²) in [7, 11) is 0. The fourth-order valence-electron chi connectivity index (χ4n) is 3.72. The van der Waals surface area contributed by atoms with Gasteiger partial charge in [0, 0.05) is 17.7 Å². The number of hydrogen-bond acceptors (Lipinski definition) is 3. The molecule has 0 spiro atoms. The molecule has 5 heteroatoms. The third-order valence-electron chi connectivity index (χ3n) is 5.35. The fourth-order valence-corrected chi connectivity index (χ4v) is 3.72. The zero-order chi connectivity index (χ0) is 22.1. The van der Waals surface area contributed by atoms with Crippen LogP contribution < -0.4 is 4.90 Å². The van der Waals surface area contributed by atoms with Crippen molar-refractivity contribution in [2.45, 2.75) is 20.8 Å². The number of nitro groups is 1. The summed E-state index contributed by atoms with van der Waals surface area (Å²) in [5.41, 5.74) is 7.19. The summed E-state index contributed by atoms with van der Waals surface area (Å²) in [6.45, 7) is 6.05. The maximum Gasteiger partial charge on any atom is 0.269 e. The van der Waals surface area contributed by atoms with Gasteiger partial charge in [-0.05, 0) is 67.8 Å². The molecule has 0 saturated heterocycles. The smallest absolute Gasteiger partial charge is 0.269 e. The minimum absolute atomic E-state index is 0.0210. The summed E-state index contributed by atoms with van der Waals surface area (Å²) in [6, 6.07) is 20.3. The molecule has 0 bridgehead atoms. The molecule has 31 heavy (non-hydrogen) atoms. The summed E-state index contributed by atoms with van der Waals surface area (Å²) >= 11 is 0. The Kier molecular flexibility index (Phi) is 5.26. The van der Waals surface area contributed by atoms with Gasteiger partial charge in [-0.3, -0.25) is 19.8 Å². The van der Waals surface area contributed by atoms with Crippen LogP contribution >= 0.6 is 0 Å². The van der Waals surface area contributed by atoms with Crippen LogP contribution in [0.3, 0.4) is 0 Å². The van der Waals surface area contributed by atoms with Crippen LogP contribution in [0.2, 0.25) is 0 Å². The quantitative estimate of drug-likeness (QED) is 0.301. The van der Waals surface area contributed by atoms with Crippen LogP contribution in [0.15, 0.2) is 78.4 Å². The van der Waals surface area contributed by atoms with Gasteiger partial charge >= 0.3 is 0 Å². The van der Waals surface area contributed by atoms with Gasteiger partial charge in [0.15, 0.2) is 0 Å². The van der Waals surface area contributed by atoms with E-state index in [0.717, 1.165) is 39.2 Å². The lowest BCUT2D eigenvalue weighted by molar-refractivity contribution is -0.384. The summed E-state index contributed by atoms with van der Waals surface area (Å²) < 4.78 is 0. The first kappa shape index (κ1) is 20.3. The highest BCUT2D eigenvalue weighted by Gasteiger charge is 2.31. The van der Waals surface area contributed by atoms with Gasteiger partial charge in [-0.1, -0.05) is 47.5 Å². The van der Waals surface area contributed by atoms with E-state index in [1.165, 1.54) is 12.1 Å². The highest BCUT2D eigenvalue weighted by molar-refractivity contribution is 6.23. The zero-order valence-electron chi connectivity index (χ0n) is 17.6. The topological polar surface area (TPSA) is 63.5 Å². The second-order valence-corrected chi connectivity index (χ2v) is 7.77. The van der Waals surface area contributed by atoms with Crippen molar-refractivity contribution in [2.24, 2.45) is 0 Å². The Morgan fingerprint density at radius 2 is 1.52 bits per heavy atom. The number of nitro benzene ring substituents is 1. The first-order valence-corrected chi connectivity index (χ1v) is 10.00. The number of nitrogens with zero attached hydrogens (tertiary/aromatic N) is 2. The number of anilines is 1. The molecular weight excluding hydrogens is 388 g/mol. The van der Waals surface area contributed by atoms with E-state index in [1.54, 1.807) is 23.1 Å². The molecule has 3 aromatic rings. The molecule has 154 valence electrons. The van der Waals surface area contributed by atoms with Crippen molar-refractivity contribution in [3.8, 4) is 0 Å². The highest BCUT2D eigenvalue weighted by Crippen LogP contribution is 2.37. The number of hydrogen-bond donors (Lipinski definition) is 0. The van der Waals surface area contributed by atoms with Crippen molar-refractivity contribution >= 4 is 29.1 Å². The van der Waals surface area contributed by atoms with E-state index in [1.807, 2.05) is 63.2 Å². The van der Waals surface area contributed by atoms with Gasteiger partial charge in [0.25, 0.3) is 11.6 Å². The van der Waals surface area contributed by atoms with Crippen molar-refractivity contribution in [1.29, 1.82) is 0 Å². The summed E-state index contributed by atoms with van der Waals surface area (Å²) in [5.74, 6) is -0.124. The molecule has 1 heterocycles. The van der Waals surface area contributed by atoms with Crippen LogP contribution in [0, 0.1) is 30.9 Å². The molecule has 1 aliphatic rings. The average Bonchev–Trinajstić information content (AvgIpc) is 3.05. The Hall–Kier alpha value is -3.99. The normalized spacial score (nSPS) is 14.8. The zero-order valence-corrected chi connectivity index (χ0v) is 17.6. The van der Waals surface area contributed by atoms with Crippen molar-refractivity contribution in [2.75, 3.05) is 4.90 Å². The second kappa shape index (κ2) is 8.03. The number of amides is 1. The molecule has 4 rings (SSSR count). The lowest BCUT2D eigenvalue weighted by atomic mass is 10.1. The molecule has 0 fully saturated rings. The van der Waals surface area contributed by atoms with Crippen LogP contribution in [0.4, 0.5) is 11.4 Å². The first-order valence-electron chi connectivity index (χ1n) is 10.00. The minimum atomic E-state index is -0.436. The largest absolute Gasteiger partial charge is 0.276 e. The Labute approximate surface area is 181 Å². The molecule has 1 amide bonds. The number of carbonyl (C=O) groups is 1. The number of non-ortho nitro benzene ring substituents is 1. The molecule has 3 aromatic carbocycles. The Balaban J connectivity index is 1.81. The van der Waals surface area contributed by atoms with Gasteiger partial charge in [0.2, 0.25) is 0 Å². The lowest BCUT2D eigenvalue weighted by Gasteiger charge is -2.23. The predicted octanol–water partition coefficient (Wildman–Crippen LogP) is 5.99. The SMILES string of the molecule is Cc1ccc(C2=C/C(=C\c3ccc([N+](=O)[O-])cc3)C(=O)N2c2ccc(C)cc2C)cc1. The number of carbonyl (C=O) groups excluding carboxylic acids is 1. The number of rotatable bonds is 4. The van der Waals surface area contributed by atoms with E-state index in [2.05, 4.69) is 6.07 Å². The van der Waals surface area contributed by atoms with E-state index in [-0.39, 0.29) is 11.6 Å². The maximum absolute atomic E-state index is 13.5. The third-order valence-corrected chi connectivity index (χ3v) is 5.35. The van der Waals surface area contributed by atoms with E-state index in [9.17, 15) is 14.9 Å². The van der Waals surface area contributed by atoms with Gasteiger partial charge in [-0.2, -0.15) is 0 Å². The fraction of sp³-hybridized carbons (Fsp3) is 0.115. The molecule has 0 aromatic heterocycles.